The zero-order valence-electron chi connectivity index (χ0n) is 12.1. The predicted molar refractivity (Wildman–Crippen MR) is 72.1 cm³/mol. The molecule has 0 bridgehead atoms. The van der Waals surface area contributed by atoms with Gasteiger partial charge in [-0.15, -0.1) is 0 Å². The Morgan fingerprint density at radius 2 is 1.79 bits per heavy atom. The summed E-state index contributed by atoms with van der Waals surface area (Å²) in [6.45, 7) is 8.58. The number of hydrogen-bond acceptors (Lipinski definition) is 4. The molecular weight excluding hydrogens is 244 g/mol. The summed E-state index contributed by atoms with van der Waals surface area (Å²) < 4.78 is 0. The Hall–Kier alpha value is -1.14. The molecule has 1 atom stereocenters. The van der Waals surface area contributed by atoms with Crippen LogP contribution in [0.2, 0.25) is 0 Å². The van der Waals surface area contributed by atoms with Crippen molar-refractivity contribution in [2.45, 2.75) is 70.1 Å². The van der Waals surface area contributed by atoms with Crippen molar-refractivity contribution in [3.63, 3.8) is 0 Å². The molecule has 0 aromatic heterocycles. The minimum Gasteiger partial charge on any atom is -0.352 e. The Morgan fingerprint density at radius 1 is 1.21 bits per heavy atom. The minimum absolute atomic E-state index is 0.00310. The number of hydrazine groups is 1. The molecule has 2 aliphatic heterocycles. The Bertz CT molecular complexity index is 376. The van der Waals surface area contributed by atoms with Gasteiger partial charge in [-0.2, -0.15) is 0 Å². The molecule has 0 aromatic carbocycles. The molecule has 108 valence electrons. The van der Waals surface area contributed by atoms with Crippen molar-refractivity contribution in [3.8, 4) is 0 Å². The normalized spacial score (nSPS) is 29.9. The van der Waals surface area contributed by atoms with Gasteiger partial charge in [-0.1, -0.05) is 0 Å². The molecule has 2 heterocycles. The molecule has 6 heteroatoms. The van der Waals surface area contributed by atoms with Gasteiger partial charge in [0.1, 0.15) is 6.04 Å². The van der Waals surface area contributed by atoms with E-state index in [9.17, 15) is 9.59 Å². The van der Waals surface area contributed by atoms with Crippen LogP contribution in [-0.2, 0) is 9.59 Å². The van der Waals surface area contributed by atoms with Crippen molar-refractivity contribution in [1.82, 2.24) is 21.5 Å². The smallest absolute Gasteiger partial charge is 0.239 e. The van der Waals surface area contributed by atoms with E-state index in [1.165, 1.54) is 0 Å². The second-order valence-electron chi connectivity index (χ2n) is 6.96. The van der Waals surface area contributed by atoms with Gasteiger partial charge in [-0.3, -0.25) is 15.0 Å². The first kappa shape index (κ1) is 14.3. The lowest BCUT2D eigenvalue weighted by atomic mass is 9.79. The largest absolute Gasteiger partial charge is 0.352 e. The summed E-state index contributed by atoms with van der Waals surface area (Å²) in [6.07, 6.45) is 1.98. The summed E-state index contributed by atoms with van der Waals surface area (Å²) >= 11 is 0. The van der Waals surface area contributed by atoms with Gasteiger partial charge in [0, 0.05) is 17.1 Å². The lowest BCUT2D eigenvalue weighted by molar-refractivity contribution is -0.125. The molecular formula is C13H24N4O2. The number of hydrogen-bond donors (Lipinski definition) is 4. The van der Waals surface area contributed by atoms with Crippen molar-refractivity contribution in [3.05, 3.63) is 0 Å². The molecule has 4 N–H and O–H groups in total. The molecule has 2 amide bonds. The van der Waals surface area contributed by atoms with E-state index in [1.807, 2.05) is 0 Å². The minimum atomic E-state index is -0.450. The topological polar surface area (TPSA) is 82.3 Å². The molecule has 1 unspecified atom stereocenters. The third kappa shape index (κ3) is 3.67. The van der Waals surface area contributed by atoms with Gasteiger partial charge in [0.15, 0.2) is 0 Å². The Kier molecular flexibility index (Phi) is 3.57. The van der Waals surface area contributed by atoms with Crippen molar-refractivity contribution < 1.29 is 9.59 Å². The summed E-state index contributed by atoms with van der Waals surface area (Å²) in [5.41, 5.74) is 5.16. The molecule has 2 saturated heterocycles. The fraction of sp³-hybridized carbons (Fsp3) is 0.846. The maximum atomic E-state index is 12.1. The van der Waals surface area contributed by atoms with Crippen molar-refractivity contribution >= 4 is 11.8 Å². The molecule has 2 fully saturated rings. The number of amides is 2. The van der Waals surface area contributed by atoms with E-state index in [0.29, 0.717) is 0 Å². The highest BCUT2D eigenvalue weighted by Gasteiger charge is 2.39. The second kappa shape index (κ2) is 4.76. The fourth-order valence-corrected chi connectivity index (χ4v) is 3.34. The van der Waals surface area contributed by atoms with Crippen LogP contribution in [0.3, 0.4) is 0 Å². The number of carbonyl (C=O) groups excluding carboxylic acids is 2. The molecule has 0 aliphatic carbocycles. The Labute approximate surface area is 114 Å². The Balaban J connectivity index is 1.95. The van der Waals surface area contributed by atoms with Gasteiger partial charge in [-0.05, 0) is 40.5 Å². The van der Waals surface area contributed by atoms with Gasteiger partial charge in [-0.25, -0.2) is 5.43 Å². The average Bonchev–Trinajstić information content (AvgIpc) is 2.59. The first-order chi connectivity index (χ1) is 8.67. The highest BCUT2D eigenvalue weighted by atomic mass is 16.2. The maximum Gasteiger partial charge on any atom is 0.239 e. The van der Waals surface area contributed by atoms with Crippen LogP contribution in [0.25, 0.3) is 0 Å². The van der Waals surface area contributed by atoms with E-state index in [-0.39, 0.29) is 35.4 Å². The zero-order chi connectivity index (χ0) is 14.3. The monoisotopic (exact) mass is 268 g/mol. The predicted octanol–water partition coefficient (Wildman–Crippen LogP) is -0.195. The first-order valence-corrected chi connectivity index (χ1v) is 6.81. The summed E-state index contributed by atoms with van der Waals surface area (Å²) in [4.78, 5) is 23.2. The van der Waals surface area contributed by atoms with E-state index >= 15 is 0 Å². The van der Waals surface area contributed by atoms with Crippen LogP contribution >= 0.6 is 0 Å². The molecule has 2 rings (SSSR count). The second-order valence-corrected chi connectivity index (χ2v) is 6.96. The fourth-order valence-electron chi connectivity index (χ4n) is 3.34. The highest BCUT2D eigenvalue weighted by molar-refractivity contribution is 5.90. The quantitative estimate of drug-likeness (QED) is 0.559. The molecule has 2 aliphatic rings. The van der Waals surface area contributed by atoms with Crippen molar-refractivity contribution in [2.24, 2.45) is 0 Å². The van der Waals surface area contributed by atoms with E-state index in [1.54, 1.807) is 0 Å². The van der Waals surface area contributed by atoms with Crippen molar-refractivity contribution in [1.29, 1.82) is 0 Å². The van der Waals surface area contributed by atoms with Gasteiger partial charge in [0.2, 0.25) is 11.8 Å². The summed E-state index contributed by atoms with van der Waals surface area (Å²) in [7, 11) is 0. The SMILES string of the molecule is CC1(C)CC(NC(=O)C2CC(=O)NN2)CC(C)(C)N1. The average molecular weight is 268 g/mol. The number of piperidine rings is 1. The summed E-state index contributed by atoms with van der Waals surface area (Å²) in [5, 5.41) is 6.64. The summed E-state index contributed by atoms with van der Waals surface area (Å²) in [5.74, 6) is -0.233. The van der Waals surface area contributed by atoms with E-state index in [4.69, 9.17) is 0 Å². The van der Waals surface area contributed by atoms with Crippen LogP contribution in [0.1, 0.15) is 47.0 Å². The Morgan fingerprint density at radius 3 is 2.26 bits per heavy atom. The molecule has 0 radical (unpaired) electrons. The number of carbonyl (C=O) groups is 2. The summed E-state index contributed by atoms with van der Waals surface area (Å²) in [6, 6.07) is -0.315. The van der Waals surface area contributed by atoms with E-state index in [0.717, 1.165) is 12.8 Å². The molecule has 0 spiro atoms. The van der Waals surface area contributed by atoms with Crippen LogP contribution in [0.4, 0.5) is 0 Å². The third-order valence-electron chi connectivity index (χ3n) is 3.63. The first-order valence-electron chi connectivity index (χ1n) is 6.81. The maximum absolute atomic E-state index is 12.1. The molecule has 6 nitrogen and oxygen atoms in total. The van der Waals surface area contributed by atoms with Crippen LogP contribution in [0, 0.1) is 0 Å². The number of rotatable bonds is 2. The van der Waals surface area contributed by atoms with Crippen LogP contribution < -0.4 is 21.5 Å². The molecule has 0 aromatic rings. The van der Waals surface area contributed by atoms with Gasteiger partial charge in [0.25, 0.3) is 0 Å². The molecule has 0 saturated carbocycles. The van der Waals surface area contributed by atoms with Gasteiger partial charge >= 0.3 is 0 Å². The standard InChI is InChI=1S/C13H24N4O2/c1-12(2)6-8(7-13(3,4)17-12)14-11(19)9-5-10(18)16-15-9/h8-9,15,17H,5-7H2,1-4H3,(H,14,19)(H,16,18). The third-order valence-corrected chi connectivity index (χ3v) is 3.63. The van der Waals surface area contributed by atoms with Gasteiger partial charge < -0.3 is 10.6 Å². The van der Waals surface area contributed by atoms with Crippen molar-refractivity contribution in [2.75, 3.05) is 0 Å². The van der Waals surface area contributed by atoms with E-state index < -0.39 is 6.04 Å². The van der Waals surface area contributed by atoms with Gasteiger partial charge in [0.05, 0.1) is 6.42 Å². The van der Waals surface area contributed by atoms with Crippen LogP contribution in [-0.4, -0.2) is 35.0 Å². The number of nitrogens with one attached hydrogen (secondary N) is 4. The lowest BCUT2D eigenvalue weighted by Crippen LogP contribution is -2.63. The zero-order valence-corrected chi connectivity index (χ0v) is 12.1. The highest BCUT2D eigenvalue weighted by Crippen LogP contribution is 2.28. The van der Waals surface area contributed by atoms with E-state index in [2.05, 4.69) is 49.2 Å². The van der Waals surface area contributed by atoms with Crippen LogP contribution in [0.5, 0.6) is 0 Å². The lowest BCUT2D eigenvalue weighted by Gasteiger charge is -2.46. The molecule has 19 heavy (non-hydrogen) atoms. The van der Waals surface area contributed by atoms with Crippen LogP contribution in [0.15, 0.2) is 0 Å².